The van der Waals surface area contributed by atoms with E-state index in [1.165, 1.54) is 36.9 Å². The van der Waals surface area contributed by atoms with Gasteiger partial charge in [0.05, 0.1) is 6.42 Å². The van der Waals surface area contributed by atoms with Crippen molar-refractivity contribution in [3.05, 3.63) is 29.3 Å². The average molecular weight is 245 g/mol. The highest BCUT2D eigenvalue weighted by molar-refractivity contribution is 5.73. The molecule has 1 N–H and O–H groups in total. The van der Waals surface area contributed by atoms with Crippen molar-refractivity contribution in [2.75, 3.05) is 11.4 Å². The summed E-state index contributed by atoms with van der Waals surface area (Å²) in [5, 5.41) is 8.96. The fourth-order valence-electron chi connectivity index (χ4n) is 3.46. The molecule has 0 atom stereocenters. The Morgan fingerprint density at radius 2 is 2.11 bits per heavy atom. The fraction of sp³-hybridized carbons (Fsp3) is 0.533. The van der Waals surface area contributed by atoms with Gasteiger partial charge in [-0.3, -0.25) is 4.79 Å². The van der Waals surface area contributed by atoms with Crippen molar-refractivity contribution in [1.82, 2.24) is 0 Å². The molecular weight excluding hydrogens is 226 g/mol. The second kappa shape index (κ2) is 4.63. The number of aliphatic carboxylic acids is 1. The fourth-order valence-corrected chi connectivity index (χ4v) is 3.46. The van der Waals surface area contributed by atoms with Gasteiger partial charge in [-0.2, -0.15) is 0 Å². The van der Waals surface area contributed by atoms with E-state index in [2.05, 4.69) is 11.0 Å². The number of anilines is 1. The zero-order valence-electron chi connectivity index (χ0n) is 10.6. The molecule has 0 bridgehead atoms. The van der Waals surface area contributed by atoms with Crippen molar-refractivity contribution in [2.24, 2.45) is 0 Å². The van der Waals surface area contributed by atoms with Gasteiger partial charge in [0.1, 0.15) is 0 Å². The molecule has 1 aliphatic heterocycles. The molecule has 3 nitrogen and oxygen atoms in total. The van der Waals surface area contributed by atoms with Gasteiger partial charge in [-0.1, -0.05) is 25.0 Å². The van der Waals surface area contributed by atoms with Crippen molar-refractivity contribution in [1.29, 1.82) is 0 Å². The number of nitrogens with zero attached hydrogens (tertiary/aromatic N) is 1. The lowest BCUT2D eigenvalue weighted by Crippen LogP contribution is -2.31. The second-order valence-electron chi connectivity index (χ2n) is 5.37. The standard InChI is InChI=1S/C15H19NO2/c17-15(18)10-11-4-3-7-14-13(11)8-9-16(14)12-5-1-2-6-12/h3-4,7,12H,1-2,5-6,8-10H2,(H,17,18). The predicted octanol–water partition coefficient (Wildman–Crippen LogP) is 2.62. The Kier molecular flexibility index (Phi) is 2.98. The average Bonchev–Trinajstić information content (AvgIpc) is 2.96. The molecule has 0 spiro atoms. The van der Waals surface area contributed by atoms with Gasteiger partial charge in [0.2, 0.25) is 0 Å². The number of hydrogen-bond donors (Lipinski definition) is 1. The van der Waals surface area contributed by atoms with Gasteiger partial charge >= 0.3 is 5.97 Å². The van der Waals surface area contributed by atoms with Gasteiger partial charge in [-0.15, -0.1) is 0 Å². The minimum Gasteiger partial charge on any atom is -0.481 e. The molecule has 0 amide bonds. The van der Waals surface area contributed by atoms with E-state index in [0.29, 0.717) is 6.04 Å². The van der Waals surface area contributed by atoms with Crippen LogP contribution < -0.4 is 4.90 Å². The maximum atomic E-state index is 10.9. The summed E-state index contributed by atoms with van der Waals surface area (Å²) in [7, 11) is 0. The zero-order valence-corrected chi connectivity index (χ0v) is 10.6. The Bertz CT molecular complexity index is 464. The van der Waals surface area contributed by atoms with Gasteiger partial charge in [-0.25, -0.2) is 0 Å². The molecule has 3 heteroatoms. The summed E-state index contributed by atoms with van der Waals surface area (Å²) < 4.78 is 0. The lowest BCUT2D eigenvalue weighted by Gasteiger charge is -2.27. The summed E-state index contributed by atoms with van der Waals surface area (Å²) in [6, 6.07) is 6.81. The number of rotatable bonds is 3. The maximum Gasteiger partial charge on any atom is 0.307 e. The molecular formula is C15H19NO2. The van der Waals surface area contributed by atoms with Gasteiger partial charge in [0.25, 0.3) is 0 Å². The van der Waals surface area contributed by atoms with Gasteiger partial charge in [0.15, 0.2) is 0 Å². The Hall–Kier alpha value is -1.51. The van der Waals surface area contributed by atoms with E-state index in [4.69, 9.17) is 5.11 Å². The lowest BCUT2D eigenvalue weighted by molar-refractivity contribution is -0.136. The lowest BCUT2D eigenvalue weighted by atomic mass is 10.0. The summed E-state index contributed by atoms with van der Waals surface area (Å²) in [4.78, 5) is 13.4. The molecule has 0 aromatic heterocycles. The van der Waals surface area contributed by atoms with Crippen molar-refractivity contribution in [3.63, 3.8) is 0 Å². The molecule has 18 heavy (non-hydrogen) atoms. The number of fused-ring (bicyclic) bond motifs is 1. The Balaban J connectivity index is 1.89. The van der Waals surface area contributed by atoms with Crippen molar-refractivity contribution < 1.29 is 9.90 Å². The summed E-state index contributed by atoms with van der Waals surface area (Å²) in [5.41, 5.74) is 3.56. The third-order valence-electron chi connectivity index (χ3n) is 4.27. The SMILES string of the molecule is O=C(O)Cc1cccc2c1CCN2C1CCCC1. The largest absolute Gasteiger partial charge is 0.481 e. The Labute approximate surface area is 107 Å². The van der Waals surface area contributed by atoms with E-state index in [1.54, 1.807) is 0 Å². The number of carboxylic acid groups (broad SMARTS) is 1. The van der Waals surface area contributed by atoms with E-state index >= 15 is 0 Å². The molecule has 96 valence electrons. The van der Waals surface area contributed by atoms with Gasteiger partial charge in [0, 0.05) is 18.3 Å². The maximum absolute atomic E-state index is 10.9. The van der Waals surface area contributed by atoms with Crippen LogP contribution in [0.1, 0.15) is 36.8 Å². The van der Waals surface area contributed by atoms with Crippen LogP contribution in [0.3, 0.4) is 0 Å². The van der Waals surface area contributed by atoms with Crippen LogP contribution in [0.4, 0.5) is 5.69 Å². The van der Waals surface area contributed by atoms with E-state index in [9.17, 15) is 4.79 Å². The Morgan fingerprint density at radius 1 is 1.33 bits per heavy atom. The molecule has 1 fully saturated rings. The molecule has 1 aliphatic carbocycles. The molecule has 1 saturated carbocycles. The van der Waals surface area contributed by atoms with Crippen LogP contribution in [-0.4, -0.2) is 23.7 Å². The minimum atomic E-state index is -0.734. The number of benzene rings is 1. The Morgan fingerprint density at radius 3 is 2.83 bits per heavy atom. The van der Waals surface area contributed by atoms with Crippen molar-refractivity contribution in [2.45, 2.75) is 44.6 Å². The monoisotopic (exact) mass is 245 g/mol. The van der Waals surface area contributed by atoms with Crippen LogP contribution in [0.5, 0.6) is 0 Å². The highest BCUT2D eigenvalue weighted by Gasteiger charge is 2.29. The van der Waals surface area contributed by atoms with Gasteiger partial charge in [-0.05, 0) is 36.5 Å². The quantitative estimate of drug-likeness (QED) is 0.890. The first-order valence-corrected chi connectivity index (χ1v) is 6.85. The molecule has 1 aromatic carbocycles. The number of carbonyl (C=O) groups is 1. The zero-order chi connectivity index (χ0) is 12.5. The smallest absolute Gasteiger partial charge is 0.307 e. The second-order valence-corrected chi connectivity index (χ2v) is 5.37. The minimum absolute atomic E-state index is 0.154. The molecule has 1 heterocycles. The van der Waals surface area contributed by atoms with Crippen molar-refractivity contribution >= 4 is 11.7 Å². The molecule has 2 aliphatic rings. The van der Waals surface area contributed by atoms with E-state index < -0.39 is 5.97 Å². The predicted molar refractivity (Wildman–Crippen MR) is 71.1 cm³/mol. The highest BCUT2D eigenvalue weighted by atomic mass is 16.4. The van der Waals surface area contributed by atoms with Crippen LogP contribution in [-0.2, 0) is 17.6 Å². The normalized spacial score (nSPS) is 19.2. The van der Waals surface area contributed by atoms with E-state index in [1.807, 2.05) is 12.1 Å². The molecule has 3 rings (SSSR count). The first-order chi connectivity index (χ1) is 8.75. The summed E-state index contributed by atoms with van der Waals surface area (Å²) >= 11 is 0. The number of hydrogen-bond acceptors (Lipinski definition) is 2. The van der Waals surface area contributed by atoms with Crippen LogP contribution in [0.2, 0.25) is 0 Å². The highest BCUT2D eigenvalue weighted by Crippen LogP contribution is 2.36. The summed E-state index contributed by atoms with van der Waals surface area (Å²) in [6.45, 7) is 1.07. The summed E-state index contributed by atoms with van der Waals surface area (Å²) in [6.07, 6.45) is 6.43. The van der Waals surface area contributed by atoms with E-state index in [0.717, 1.165) is 18.5 Å². The molecule has 0 saturated heterocycles. The third-order valence-corrected chi connectivity index (χ3v) is 4.27. The van der Waals surface area contributed by atoms with Crippen LogP contribution >= 0.6 is 0 Å². The van der Waals surface area contributed by atoms with E-state index in [-0.39, 0.29) is 6.42 Å². The topological polar surface area (TPSA) is 40.5 Å². The van der Waals surface area contributed by atoms with Crippen LogP contribution in [0.25, 0.3) is 0 Å². The van der Waals surface area contributed by atoms with Crippen LogP contribution in [0, 0.1) is 0 Å². The molecule has 1 aromatic rings. The van der Waals surface area contributed by atoms with Crippen molar-refractivity contribution in [3.8, 4) is 0 Å². The first-order valence-electron chi connectivity index (χ1n) is 6.85. The van der Waals surface area contributed by atoms with Crippen LogP contribution in [0.15, 0.2) is 18.2 Å². The third kappa shape index (κ3) is 1.98. The summed E-state index contributed by atoms with van der Waals surface area (Å²) in [5.74, 6) is -0.734. The number of carboxylic acids is 1. The van der Waals surface area contributed by atoms with Gasteiger partial charge < -0.3 is 10.0 Å². The first kappa shape index (κ1) is 11.6. The molecule has 0 unspecified atom stereocenters. The molecule has 0 radical (unpaired) electrons.